The standard InChI is InChI=1S/C16H16F3N5OS/c17-16(18,19)9-1-3-10(4-2-9)22-15-11(14(21)25)7-24(23-15)13-5-6-26-8-12(13)20/h1-4,7,13,20H,5-6,8H2,(H2,21,25)(H,22,23)/t13-/m0/s1. The smallest absolute Gasteiger partial charge is 0.365 e. The van der Waals surface area contributed by atoms with Crippen LogP contribution in [0.1, 0.15) is 28.4 Å². The number of hydrogen-bond acceptors (Lipinski definition) is 5. The van der Waals surface area contributed by atoms with E-state index in [4.69, 9.17) is 11.1 Å². The predicted octanol–water partition coefficient (Wildman–Crippen LogP) is 3.44. The largest absolute Gasteiger partial charge is 0.416 e. The third kappa shape index (κ3) is 3.85. The lowest BCUT2D eigenvalue weighted by atomic mass is 10.1. The molecule has 0 aliphatic carbocycles. The first-order valence-electron chi connectivity index (χ1n) is 7.74. The maximum absolute atomic E-state index is 12.6. The molecule has 1 aliphatic rings. The summed E-state index contributed by atoms with van der Waals surface area (Å²) in [6.07, 6.45) is -2.23. The fraction of sp³-hybridized carbons (Fsp3) is 0.312. The molecule has 1 fully saturated rings. The number of anilines is 2. The molecule has 2 aromatic rings. The molecule has 0 spiro atoms. The number of amides is 1. The summed E-state index contributed by atoms with van der Waals surface area (Å²) in [7, 11) is 0. The van der Waals surface area contributed by atoms with Crippen LogP contribution < -0.4 is 11.1 Å². The second-order valence-corrected chi connectivity index (χ2v) is 6.92. The van der Waals surface area contributed by atoms with Gasteiger partial charge in [-0.1, -0.05) is 0 Å². The minimum atomic E-state index is -4.42. The first-order chi connectivity index (χ1) is 12.3. The number of carbonyl (C=O) groups excluding carboxylic acids is 1. The van der Waals surface area contributed by atoms with Gasteiger partial charge < -0.3 is 16.5 Å². The van der Waals surface area contributed by atoms with Crippen LogP contribution in [0.2, 0.25) is 0 Å². The number of nitrogens with one attached hydrogen (secondary N) is 2. The molecular formula is C16H16F3N5OS. The van der Waals surface area contributed by atoms with E-state index in [2.05, 4.69) is 10.4 Å². The molecule has 1 amide bonds. The Labute approximate surface area is 151 Å². The van der Waals surface area contributed by atoms with Crippen molar-refractivity contribution in [3.63, 3.8) is 0 Å². The van der Waals surface area contributed by atoms with Crippen LogP contribution in [0.5, 0.6) is 0 Å². The summed E-state index contributed by atoms with van der Waals surface area (Å²) in [5, 5.41) is 15.2. The van der Waals surface area contributed by atoms with Gasteiger partial charge in [0.1, 0.15) is 5.56 Å². The van der Waals surface area contributed by atoms with Gasteiger partial charge in [0.05, 0.1) is 11.6 Å². The summed E-state index contributed by atoms with van der Waals surface area (Å²) in [5.41, 5.74) is 5.59. The van der Waals surface area contributed by atoms with Crippen LogP contribution >= 0.6 is 11.8 Å². The quantitative estimate of drug-likeness (QED) is 0.753. The van der Waals surface area contributed by atoms with Gasteiger partial charge in [-0.2, -0.15) is 30.0 Å². The zero-order chi connectivity index (χ0) is 18.9. The average molecular weight is 383 g/mol. The lowest BCUT2D eigenvalue weighted by Crippen LogP contribution is -2.25. The molecule has 1 aromatic carbocycles. The van der Waals surface area contributed by atoms with Gasteiger partial charge in [0.2, 0.25) is 0 Å². The lowest BCUT2D eigenvalue weighted by molar-refractivity contribution is -0.137. The Balaban J connectivity index is 1.87. The maximum Gasteiger partial charge on any atom is 0.416 e. The number of carbonyl (C=O) groups is 1. The SMILES string of the molecule is N=C1CSCC[C@@H]1n1cc(C(N)=O)c(Nc2ccc(C(F)(F)F)cc2)n1. The number of nitrogens with two attached hydrogens (primary N) is 1. The summed E-state index contributed by atoms with van der Waals surface area (Å²) >= 11 is 1.66. The monoisotopic (exact) mass is 383 g/mol. The zero-order valence-corrected chi connectivity index (χ0v) is 14.3. The van der Waals surface area contributed by atoms with Gasteiger partial charge in [-0.15, -0.1) is 0 Å². The summed E-state index contributed by atoms with van der Waals surface area (Å²) in [6.45, 7) is 0. The van der Waals surface area contributed by atoms with Gasteiger partial charge in [-0.05, 0) is 36.4 Å². The van der Waals surface area contributed by atoms with Gasteiger partial charge in [-0.3, -0.25) is 9.48 Å². The Bertz CT molecular complexity index is 831. The van der Waals surface area contributed by atoms with E-state index < -0.39 is 17.6 Å². The number of hydrogen-bond donors (Lipinski definition) is 3. The van der Waals surface area contributed by atoms with Gasteiger partial charge >= 0.3 is 6.18 Å². The molecule has 0 saturated carbocycles. The summed E-state index contributed by atoms with van der Waals surface area (Å²) in [5.74, 6) is 0.920. The third-order valence-corrected chi connectivity index (χ3v) is 5.03. The highest BCUT2D eigenvalue weighted by Gasteiger charge is 2.30. The molecule has 1 aliphatic heterocycles. The normalized spacial score (nSPS) is 18.0. The number of thioether (sulfide) groups is 1. The summed E-state index contributed by atoms with van der Waals surface area (Å²) < 4.78 is 39.5. The van der Waals surface area contributed by atoms with Crippen molar-refractivity contribution in [2.45, 2.75) is 18.6 Å². The van der Waals surface area contributed by atoms with E-state index in [1.54, 1.807) is 11.8 Å². The molecule has 4 N–H and O–H groups in total. The van der Waals surface area contributed by atoms with E-state index in [-0.39, 0.29) is 17.4 Å². The van der Waals surface area contributed by atoms with Crippen LogP contribution in [-0.2, 0) is 6.18 Å². The Morgan fingerprint density at radius 2 is 2.04 bits per heavy atom. The van der Waals surface area contributed by atoms with Crippen molar-refractivity contribution in [3.05, 3.63) is 41.6 Å². The van der Waals surface area contributed by atoms with E-state index in [1.165, 1.54) is 23.0 Å². The van der Waals surface area contributed by atoms with Crippen LogP contribution in [0.15, 0.2) is 30.5 Å². The fourth-order valence-corrected chi connectivity index (χ4v) is 3.59. The molecule has 1 aromatic heterocycles. The third-order valence-electron chi connectivity index (χ3n) is 3.99. The van der Waals surface area contributed by atoms with Crippen LogP contribution in [0.4, 0.5) is 24.7 Å². The fourth-order valence-electron chi connectivity index (χ4n) is 2.64. The molecule has 138 valence electrons. The Kier molecular flexibility index (Phi) is 4.94. The Morgan fingerprint density at radius 3 is 2.62 bits per heavy atom. The highest BCUT2D eigenvalue weighted by Crippen LogP contribution is 2.31. The van der Waals surface area contributed by atoms with Crippen molar-refractivity contribution in [2.75, 3.05) is 16.8 Å². The molecule has 0 bridgehead atoms. The predicted molar refractivity (Wildman–Crippen MR) is 94.2 cm³/mol. The maximum atomic E-state index is 12.6. The average Bonchev–Trinajstić information content (AvgIpc) is 2.99. The van der Waals surface area contributed by atoms with Gasteiger partial charge in [-0.25, -0.2) is 0 Å². The van der Waals surface area contributed by atoms with Crippen LogP contribution in [-0.4, -0.2) is 32.9 Å². The first kappa shape index (κ1) is 18.3. The zero-order valence-electron chi connectivity index (χ0n) is 13.5. The molecule has 0 unspecified atom stereocenters. The van der Waals surface area contributed by atoms with E-state index >= 15 is 0 Å². The molecule has 3 rings (SSSR count). The van der Waals surface area contributed by atoms with E-state index in [1.807, 2.05) is 0 Å². The van der Waals surface area contributed by atoms with Crippen molar-refractivity contribution in [3.8, 4) is 0 Å². The van der Waals surface area contributed by atoms with E-state index in [0.29, 0.717) is 23.6 Å². The van der Waals surface area contributed by atoms with Gasteiger partial charge in [0, 0.05) is 23.3 Å². The number of alkyl halides is 3. The number of benzene rings is 1. The first-order valence-corrected chi connectivity index (χ1v) is 8.89. The van der Waals surface area contributed by atoms with Gasteiger partial charge in [0.15, 0.2) is 5.82 Å². The van der Waals surface area contributed by atoms with Crippen molar-refractivity contribution in [1.82, 2.24) is 9.78 Å². The van der Waals surface area contributed by atoms with Crippen molar-refractivity contribution in [2.24, 2.45) is 5.73 Å². The number of primary amides is 1. The van der Waals surface area contributed by atoms with Crippen LogP contribution in [0.25, 0.3) is 0 Å². The highest BCUT2D eigenvalue weighted by molar-refractivity contribution is 8.00. The molecule has 1 saturated heterocycles. The minimum absolute atomic E-state index is 0.121. The molecule has 1 atom stereocenters. The molecule has 6 nitrogen and oxygen atoms in total. The second kappa shape index (κ2) is 7.02. The summed E-state index contributed by atoms with van der Waals surface area (Å²) in [4.78, 5) is 11.7. The molecule has 2 heterocycles. The van der Waals surface area contributed by atoms with Crippen LogP contribution in [0, 0.1) is 5.41 Å². The van der Waals surface area contributed by atoms with Crippen LogP contribution in [0.3, 0.4) is 0 Å². The highest BCUT2D eigenvalue weighted by atomic mass is 32.2. The summed E-state index contributed by atoms with van der Waals surface area (Å²) in [6, 6.07) is 4.14. The van der Waals surface area contributed by atoms with Crippen molar-refractivity contribution >= 4 is 34.9 Å². The second-order valence-electron chi connectivity index (χ2n) is 5.82. The topological polar surface area (TPSA) is 96.8 Å². The Morgan fingerprint density at radius 1 is 1.35 bits per heavy atom. The molecule has 10 heteroatoms. The van der Waals surface area contributed by atoms with E-state index in [0.717, 1.165) is 17.9 Å². The number of nitrogens with zero attached hydrogens (tertiary/aromatic N) is 2. The van der Waals surface area contributed by atoms with Crippen molar-refractivity contribution < 1.29 is 18.0 Å². The minimum Gasteiger partial charge on any atom is -0.365 e. The number of halogens is 3. The molecule has 26 heavy (non-hydrogen) atoms. The molecular weight excluding hydrogens is 367 g/mol. The van der Waals surface area contributed by atoms with Gasteiger partial charge in [0.25, 0.3) is 5.91 Å². The molecule has 0 radical (unpaired) electrons. The lowest BCUT2D eigenvalue weighted by Gasteiger charge is -2.22. The van der Waals surface area contributed by atoms with Crippen molar-refractivity contribution in [1.29, 1.82) is 5.41 Å². The van der Waals surface area contributed by atoms with E-state index in [9.17, 15) is 18.0 Å². The Hall–Kier alpha value is -2.49. The number of rotatable bonds is 4. The number of aromatic nitrogens is 2.